The van der Waals surface area contributed by atoms with Crippen LogP contribution in [0.15, 0.2) is 70.0 Å². The average molecular weight is 447 g/mol. The number of rotatable bonds is 6. The highest BCUT2D eigenvalue weighted by atomic mass is 32.2. The van der Waals surface area contributed by atoms with E-state index in [2.05, 4.69) is 46.1 Å². The third-order valence-corrected chi connectivity index (χ3v) is 5.18. The zero-order chi connectivity index (χ0) is 21.8. The molecule has 1 aromatic carbocycles. The van der Waals surface area contributed by atoms with Crippen LogP contribution < -0.4 is 10.1 Å². The quantitative estimate of drug-likeness (QED) is 0.450. The number of thioether (sulfide) groups is 1. The van der Waals surface area contributed by atoms with Crippen molar-refractivity contribution in [3.63, 3.8) is 0 Å². The lowest BCUT2D eigenvalue weighted by Crippen LogP contribution is -2.00. The van der Waals surface area contributed by atoms with Gasteiger partial charge in [-0.05, 0) is 41.6 Å². The van der Waals surface area contributed by atoms with E-state index in [4.69, 9.17) is 4.74 Å². The standard InChI is InChI=1S/C20H14FN9OS/c21-13-2-4-14(5-3-13)31-16-9-15(32-18-7-8-24-26-18)11-23-20(16)25-17-6-1-12(10-22-17)19-27-29-30-28-19/h1-6,8-11H,7H2,(H,22,23,25)(H,27,28,29,30). The largest absolute Gasteiger partial charge is 0.453 e. The summed E-state index contributed by atoms with van der Waals surface area (Å²) in [7, 11) is 0. The Morgan fingerprint density at radius 2 is 1.97 bits per heavy atom. The maximum Gasteiger partial charge on any atom is 0.206 e. The number of ether oxygens (including phenoxy) is 1. The Balaban J connectivity index is 1.41. The van der Waals surface area contributed by atoms with E-state index in [0.717, 1.165) is 9.94 Å². The molecule has 4 aromatic rings. The van der Waals surface area contributed by atoms with E-state index in [1.165, 1.54) is 23.9 Å². The number of aromatic nitrogens is 6. The van der Waals surface area contributed by atoms with Crippen molar-refractivity contribution in [2.24, 2.45) is 10.2 Å². The van der Waals surface area contributed by atoms with Gasteiger partial charge >= 0.3 is 0 Å². The minimum Gasteiger partial charge on any atom is -0.453 e. The number of benzene rings is 1. The van der Waals surface area contributed by atoms with E-state index in [0.29, 0.717) is 40.9 Å². The summed E-state index contributed by atoms with van der Waals surface area (Å²) >= 11 is 1.45. The zero-order valence-corrected chi connectivity index (χ0v) is 17.1. The first-order valence-corrected chi connectivity index (χ1v) is 10.2. The number of hydrogen-bond donors (Lipinski definition) is 2. The van der Waals surface area contributed by atoms with Crippen molar-refractivity contribution in [3.8, 4) is 22.9 Å². The Kier molecular flexibility index (Phi) is 5.49. The van der Waals surface area contributed by atoms with Crippen molar-refractivity contribution in [1.82, 2.24) is 30.6 Å². The number of hydrogen-bond acceptors (Lipinski definition) is 10. The summed E-state index contributed by atoms with van der Waals surface area (Å²) < 4.78 is 19.3. The zero-order valence-electron chi connectivity index (χ0n) is 16.3. The van der Waals surface area contributed by atoms with Gasteiger partial charge in [0.25, 0.3) is 0 Å². The van der Waals surface area contributed by atoms with Crippen LogP contribution in [0.1, 0.15) is 6.42 Å². The molecular weight excluding hydrogens is 433 g/mol. The van der Waals surface area contributed by atoms with Gasteiger partial charge in [-0.2, -0.15) is 10.3 Å². The van der Waals surface area contributed by atoms with E-state index in [1.54, 1.807) is 36.8 Å². The summed E-state index contributed by atoms with van der Waals surface area (Å²) in [5.74, 6) is 2.02. The maximum atomic E-state index is 13.3. The SMILES string of the molecule is Fc1ccc(Oc2cc(SC3=NN=CC3)cnc2Nc2ccc(-c3nn[nH]n3)cn2)cc1. The molecule has 32 heavy (non-hydrogen) atoms. The van der Waals surface area contributed by atoms with Crippen LogP contribution in [0.4, 0.5) is 16.0 Å². The second kappa shape index (κ2) is 8.89. The van der Waals surface area contributed by atoms with Gasteiger partial charge in [-0.3, -0.25) is 0 Å². The van der Waals surface area contributed by atoms with E-state index in [9.17, 15) is 4.39 Å². The van der Waals surface area contributed by atoms with Crippen LogP contribution in [-0.2, 0) is 0 Å². The lowest BCUT2D eigenvalue weighted by molar-refractivity contribution is 0.479. The monoisotopic (exact) mass is 447 g/mol. The Labute approximate surface area is 185 Å². The first kappa shape index (κ1) is 19.8. The highest BCUT2D eigenvalue weighted by molar-refractivity contribution is 8.14. The Morgan fingerprint density at radius 3 is 2.69 bits per heavy atom. The third-order valence-electron chi connectivity index (χ3n) is 4.24. The number of aromatic amines is 1. The van der Waals surface area contributed by atoms with E-state index >= 15 is 0 Å². The van der Waals surface area contributed by atoms with Crippen LogP contribution in [0.25, 0.3) is 11.4 Å². The second-order valence-electron chi connectivity index (χ2n) is 6.46. The van der Waals surface area contributed by atoms with Gasteiger partial charge in [0.15, 0.2) is 11.6 Å². The lowest BCUT2D eigenvalue weighted by Gasteiger charge is -2.13. The molecule has 0 saturated heterocycles. The first-order chi connectivity index (χ1) is 15.7. The van der Waals surface area contributed by atoms with Crippen molar-refractivity contribution >= 4 is 34.7 Å². The molecule has 10 nitrogen and oxygen atoms in total. The number of tetrazole rings is 1. The molecule has 1 aliphatic heterocycles. The predicted octanol–water partition coefficient (Wildman–Crippen LogP) is 4.21. The topological polar surface area (TPSA) is 126 Å². The number of halogens is 1. The molecule has 0 radical (unpaired) electrons. The molecule has 0 fully saturated rings. The first-order valence-electron chi connectivity index (χ1n) is 9.39. The molecule has 4 heterocycles. The van der Waals surface area contributed by atoms with Crippen LogP contribution in [-0.4, -0.2) is 41.9 Å². The molecule has 0 saturated carbocycles. The highest BCUT2D eigenvalue weighted by Crippen LogP contribution is 2.34. The lowest BCUT2D eigenvalue weighted by atomic mass is 10.2. The van der Waals surface area contributed by atoms with Gasteiger partial charge in [-0.25, -0.2) is 14.4 Å². The fraction of sp³-hybridized carbons (Fsp3) is 0.0500. The van der Waals surface area contributed by atoms with Gasteiger partial charge in [0.05, 0.1) is 0 Å². The predicted molar refractivity (Wildman–Crippen MR) is 118 cm³/mol. The Hall–Kier alpha value is -4.19. The molecule has 158 valence electrons. The second-order valence-corrected chi connectivity index (χ2v) is 7.61. The summed E-state index contributed by atoms with van der Waals surface area (Å²) in [6.07, 6.45) is 5.75. The van der Waals surface area contributed by atoms with Crippen molar-refractivity contribution < 1.29 is 9.13 Å². The van der Waals surface area contributed by atoms with Gasteiger partial charge in [-0.15, -0.1) is 15.3 Å². The number of H-pyrrole nitrogens is 1. The van der Waals surface area contributed by atoms with Crippen LogP contribution in [0, 0.1) is 5.82 Å². The van der Waals surface area contributed by atoms with Crippen molar-refractivity contribution in [1.29, 1.82) is 0 Å². The van der Waals surface area contributed by atoms with Crippen molar-refractivity contribution in [2.75, 3.05) is 5.32 Å². The number of nitrogens with zero attached hydrogens (tertiary/aromatic N) is 7. The molecule has 3 aromatic heterocycles. The number of pyridine rings is 2. The van der Waals surface area contributed by atoms with Crippen LogP contribution in [0.3, 0.4) is 0 Å². The minimum absolute atomic E-state index is 0.344. The summed E-state index contributed by atoms with van der Waals surface area (Å²) in [5.41, 5.74) is 0.714. The molecule has 0 amide bonds. The molecule has 12 heteroatoms. The Morgan fingerprint density at radius 1 is 1.06 bits per heavy atom. The van der Waals surface area contributed by atoms with Crippen molar-refractivity contribution in [2.45, 2.75) is 11.3 Å². The summed E-state index contributed by atoms with van der Waals surface area (Å²) in [6.45, 7) is 0. The highest BCUT2D eigenvalue weighted by Gasteiger charge is 2.13. The molecular formula is C20H14FN9OS. The molecule has 0 aliphatic carbocycles. The van der Waals surface area contributed by atoms with E-state index in [1.807, 2.05) is 12.1 Å². The van der Waals surface area contributed by atoms with E-state index < -0.39 is 0 Å². The molecule has 0 atom stereocenters. The normalized spacial score (nSPS) is 12.6. The molecule has 0 bridgehead atoms. The smallest absolute Gasteiger partial charge is 0.206 e. The molecule has 2 N–H and O–H groups in total. The molecule has 0 unspecified atom stereocenters. The summed E-state index contributed by atoms with van der Waals surface area (Å²) in [6, 6.07) is 11.2. The average Bonchev–Trinajstić information content (AvgIpc) is 3.52. The van der Waals surface area contributed by atoms with Crippen LogP contribution >= 0.6 is 11.8 Å². The van der Waals surface area contributed by atoms with Gasteiger partial charge in [0.1, 0.15) is 22.4 Å². The van der Waals surface area contributed by atoms with Gasteiger partial charge in [0.2, 0.25) is 5.82 Å². The summed E-state index contributed by atoms with van der Waals surface area (Å²) in [5, 5.41) is 25.8. The van der Waals surface area contributed by atoms with Gasteiger partial charge < -0.3 is 10.1 Å². The van der Waals surface area contributed by atoms with Crippen LogP contribution in [0.2, 0.25) is 0 Å². The fourth-order valence-electron chi connectivity index (χ4n) is 2.75. The Bertz CT molecular complexity index is 1280. The van der Waals surface area contributed by atoms with Gasteiger partial charge in [-0.1, -0.05) is 11.8 Å². The maximum absolute atomic E-state index is 13.3. The molecule has 5 rings (SSSR count). The molecule has 0 spiro atoms. The fourth-order valence-corrected chi connectivity index (χ4v) is 3.54. The summed E-state index contributed by atoms with van der Waals surface area (Å²) in [4.78, 5) is 9.70. The van der Waals surface area contributed by atoms with Gasteiger partial charge in [0, 0.05) is 41.6 Å². The van der Waals surface area contributed by atoms with E-state index in [-0.39, 0.29) is 5.82 Å². The minimum atomic E-state index is -0.344. The van der Waals surface area contributed by atoms with Crippen molar-refractivity contribution in [3.05, 3.63) is 60.7 Å². The van der Waals surface area contributed by atoms with Crippen LogP contribution in [0.5, 0.6) is 11.5 Å². The number of nitrogens with one attached hydrogen (secondary N) is 2. The third kappa shape index (κ3) is 4.59. The molecule has 1 aliphatic rings. The number of anilines is 2.